The Hall–Kier alpha value is -4.18. The van der Waals surface area contributed by atoms with Crippen molar-refractivity contribution < 1.29 is 9.90 Å². The molecule has 5 rings (SSSR count). The summed E-state index contributed by atoms with van der Waals surface area (Å²) in [6, 6.07) is 11.1. The molecule has 2 atom stereocenters. The fourth-order valence-electron chi connectivity index (χ4n) is 4.03. The number of aliphatic hydroxyl groups is 1. The number of nitrogens with zero attached hydrogens (tertiary/aromatic N) is 5. The molecular weight excluding hydrogens is 444 g/mol. The molecule has 10 heteroatoms. The molecule has 1 amide bonds. The molecule has 1 aliphatic carbocycles. The van der Waals surface area contributed by atoms with Gasteiger partial charge in [-0.05, 0) is 60.7 Å². The van der Waals surface area contributed by atoms with Crippen LogP contribution in [0.3, 0.4) is 0 Å². The van der Waals surface area contributed by atoms with Gasteiger partial charge in [0.1, 0.15) is 17.9 Å². The Labute approximate surface area is 202 Å². The van der Waals surface area contributed by atoms with Gasteiger partial charge in [0.15, 0.2) is 11.5 Å². The van der Waals surface area contributed by atoms with E-state index in [1.54, 1.807) is 18.3 Å². The zero-order chi connectivity index (χ0) is 24.5. The van der Waals surface area contributed by atoms with Crippen molar-refractivity contribution in [2.75, 3.05) is 11.2 Å². The van der Waals surface area contributed by atoms with E-state index < -0.39 is 12.1 Å². The van der Waals surface area contributed by atoms with E-state index in [1.807, 2.05) is 47.0 Å². The third kappa shape index (κ3) is 4.87. The average molecular weight is 473 g/mol. The number of nitrogens with two attached hydrogens (primary N) is 2. The molecule has 3 aromatic heterocycles. The van der Waals surface area contributed by atoms with Crippen LogP contribution >= 0.6 is 0 Å². The minimum atomic E-state index is -0.592. The van der Waals surface area contributed by atoms with Crippen molar-refractivity contribution in [1.82, 2.24) is 24.3 Å². The molecule has 4 aromatic rings. The first-order valence-corrected chi connectivity index (χ1v) is 11.6. The molecule has 35 heavy (non-hydrogen) atoms. The number of nitrogen functional groups attached to an aromatic ring is 1. The van der Waals surface area contributed by atoms with E-state index in [9.17, 15) is 9.90 Å². The van der Waals surface area contributed by atoms with E-state index in [4.69, 9.17) is 11.6 Å². The number of allylic oxidation sites excluding steroid dienone is 1. The number of benzene rings is 1. The summed E-state index contributed by atoms with van der Waals surface area (Å²) < 4.78 is 3.40. The van der Waals surface area contributed by atoms with E-state index in [-0.39, 0.29) is 5.92 Å². The van der Waals surface area contributed by atoms with Gasteiger partial charge >= 0.3 is 0 Å². The molecule has 0 radical (unpaired) electrons. The second-order valence-electron chi connectivity index (χ2n) is 9.01. The Bertz CT molecular complexity index is 1400. The molecule has 2 unspecified atom stereocenters. The fourth-order valence-corrected chi connectivity index (χ4v) is 4.03. The quantitative estimate of drug-likeness (QED) is 0.216. The van der Waals surface area contributed by atoms with Crippen LogP contribution in [0.2, 0.25) is 0 Å². The standard InChI is InChI=1S/C25H28N8O2/c1-15(4-2-7-21-28-20(14-33(21)27)29-25(35)16-8-9-16)24-31-30-22-11-10-19(13-32(22)24)17-5-3-6-18(12-17)23(26)34/h2-3,5-7,10-16,25,29,35H,4,8-9,27H2,1H3,(H2,26,34). The SMILES string of the molecule is CC(CC=Cc1nc(NC(O)C2CC2)cn1N)c1nnc2ccc(-c3cccc(C(N)=O)c3)cn12. The molecular formula is C25H28N8O2. The van der Waals surface area contributed by atoms with Gasteiger partial charge in [-0.1, -0.05) is 25.1 Å². The van der Waals surface area contributed by atoms with Gasteiger partial charge in [-0.2, -0.15) is 0 Å². The third-order valence-corrected chi connectivity index (χ3v) is 6.23. The topological polar surface area (TPSA) is 149 Å². The number of imidazole rings is 1. The number of aromatic nitrogens is 5. The maximum absolute atomic E-state index is 11.6. The van der Waals surface area contributed by atoms with Gasteiger partial charge < -0.3 is 22.0 Å². The normalized spacial score (nSPS) is 15.5. The van der Waals surface area contributed by atoms with Crippen molar-refractivity contribution in [3.63, 3.8) is 0 Å². The molecule has 10 nitrogen and oxygen atoms in total. The van der Waals surface area contributed by atoms with Crippen LogP contribution in [0.15, 0.2) is 54.9 Å². The number of primary amides is 1. The Balaban J connectivity index is 1.31. The number of aliphatic hydroxyl groups excluding tert-OH is 1. The van der Waals surface area contributed by atoms with Crippen LogP contribution in [-0.2, 0) is 0 Å². The van der Waals surface area contributed by atoms with E-state index in [2.05, 4.69) is 27.4 Å². The lowest BCUT2D eigenvalue weighted by atomic mass is 10.0. The summed E-state index contributed by atoms with van der Waals surface area (Å²) in [5.41, 5.74) is 8.46. The predicted molar refractivity (Wildman–Crippen MR) is 134 cm³/mol. The van der Waals surface area contributed by atoms with Gasteiger partial charge in [-0.3, -0.25) is 9.20 Å². The molecule has 3 heterocycles. The average Bonchev–Trinajstić information content (AvgIpc) is 3.53. The Kier molecular flexibility index (Phi) is 5.96. The number of carbonyl (C=O) groups is 1. The van der Waals surface area contributed by atoms with Gasteiger partial charge in [0.25, 0.3) is 0 Å². The summed E-state index contributed by atoms with van der Waals surface area (Å²) in [4.78, 5) is 16.0. The van der Waals surface area contributed by atoms with Crippen LogP contribution in [0.25, 0.3) is 22.9 Å². The second-order valence-corrected chi connectivity index (χ2v) is 9.01. The largest absolute Gasteiger partial charge is 0.373 e. The number of nitrogens with one attached hydrogen (secondary N) is 1. The molecule has 0 saturated heterocycles. The molecule has 0 aliphatic heterocycles. The summed E-state index contributed by atoms with van der Waals surface area (Å²) in [5.74, 6) is 7.89. The molecule has 180 valence electrons. The van der Waals surface area contributed by atoms with Crippen molar-refractivity contribution >= 4 is 23.4 Å². The monoisotopic (exact) mass is 472 g/mol. The third-order valence-electron chi connectivity index (χ3n) is 6.23. The van der Waals surface area contributed by atoms with Gasteiger partial charge in [-0.25, -0.2) is 9.66 Å². The molecule has 0 spiro atoms. The minimum absolute atomic E-state index is 0.0731. The number of fused-ring (bicyclic) bond motifs is 1. The van der Waals surface area contributed by atoms with Crippen molar-refractivity contribution in [3.8, 4) is 11.1 Å². The summed E-state index contributed by atoms with van der Waals surface area (Å²) in [5, 5.41) is 21.8. The highest BCUT2D eigenvalue weighted by Gasteiger charge is 2.30. The maximum atomic E-state index is 11.6. The van der Waals surface area contributed by atoms with Crippen LogP contribution in [0, 0.1) is 5.92 Å². The highest BCUT2D eigenvalue weighted by Crippen LogP contribution is 2.32. The summed E-state index contributed by atoms with van der Waals surface area (Å²) >= 11 is 0. The molecule has 1 aliphatic rings. The van der Waals surface area contributed by atoms with Gasteiger partial charge in [0.05, 0.1) is 6.20 Å². The molecule has 1 saturated carbocycles. The predicted octanol–water partition coefficient (Wildman–Crippen LogP) is 2.75. The highest BCUT2D eigenvalue weighted by molar-refractivity contribution is 5.94. The molecule has 1 aromatic carbocycles. The molecule has 6 N–H and O–H groups in total. The van der Waals surface area contributed by atoms with E-state index in [1.165, 1.54) is 4.68 Å². The number of rotatable bonds is 9. The highest BCUT2D eigenvalue weighted by atomic mass is 16.3. The van der Waals surface area contributed by atoms with Crippen molar-refractivity contribution in [2.24, 2.45) is 11.7 Å². The van der Waals surface area contributed by atoms with Gasteiger partial charge in [0, 0.05) is 23.6 Å². The van der Waals surface area contributed by atoms with Crippen LogP contribution in [0.4, 0.5) is 5.82 Å². The smallest absolute Gasteiger partial charge is 0.248 e. The first-order chi connectivity index (χ1) is 16.9. The van der Waals surface area contributed by atoms with Crippen LogP contribution in [-0.4, -0.2) is 41.5 Å². The number of hydrogen-bond donors (Lipinski definition) is 4. The van der Waals surface area contributed by atoms with Crippen LogP contribution < -0.4 is 16.9 Å². The number of pyridine rings is 1. The van der Waals surface area contributed by atoms with E-state index >= 15 is 0 Å². The van der Waals surface area contributed by atoms with E-state index in [0.29, 0.717) is 29.5 Å². The molecule has 0 bridgehead atoms. The van der Waals surface area contributed by atoms with E-state index in [0.717, 1.165) is 35.4 Å². The zero-order valence-corrected chi connectivity index (χ0v) is 19.4. The minimum Gasteiger partial charge on any atom is -0.373 e. The summed E-state index contributed by atoms with van der Waals surface area (Å²) in [6.45, 7) is 2.08. The Morgan fingerprint density at radius 3 is 2.83 bits per heavy atom. The number of carbonyl (C=O) groups excluding carboxylic acids is 1. The van der Waals surface area contributed by atoms with Crippen LogP contribution in [0.5, 0.6) is 0 Å². The van der Waals surface area contributed by atoms with Gasteiger partial charge in [0.2, 0.25) is 5.91 Å². The Morgan fingerprint density at radius 1 is 1.23 bits per heavy atom. The van der Waals surface area contributed by atoms with Crippen molar-refractivity contribution in [1.29, 1.82) is 0 Å². The first-order valence-electron chi connectivity index (χ1n) is 11.6. The van der Waals surface area contributed by atoms with Crippen LogP contribution in [0.1, 0.15) is 54.1 Å². The van der Waals surface area contributed by atoms with Crippen molar-refractivity contribution in [3.05, 3.63) is 72.1 Å². The summed E-state index contributed by atoms with van der Waals surface area (Å²) in [6.07, 6.45) is 9.65. The Morgan fingerprint density at radius 2 is 2.06 bits per heavy atom. The maximum Gasteiger partial charge on any atom is 0.248 e. The lowest BCUT2D eigenvalue weighted by molar-refractivity contribution is 0.100. The molecule has 1 fully saturated rings. The van der Waals surface area contributed by atoms with Gasteiger partial charge in [-0.15, -0.1) is 10.2 Å². The number of hydrogen-bond acceptors (Lipinski definition) is 7. The second kappa shape index (κ2) is 9.22. The summed E-state index contributed by atoms with van der Waals surface area (Å²) in [7, 11) is 0. The fraction of sp³-hybridized carbons (Fsp3) is 0.280. The lowest BCUT2D eigenvalue weighted by Crippen LogP contribution is -2.20. The number of amides is 1. The number of anilines is 1. The van der Waals surface area contributed by atoms with Crippen molar-refractivity contribution in [2.45, 2.75) is 38.3 Å². The lowest BCUT2D eigenvalue weighted by Gasteiger charge is -2.09. The zero-order valence-electron chi connectivity index (χ0n) is 19.4. The first kappa shape index (κ1) is 22.6.